The molecule has 0 unspecified atom stereocenters. The summed E-state index contributed by atoms with van der Waals surface area (Å²) < 4.78 is 18.4. The number of hydrogen-bond donors (Lipinski definition) is 0. The van der Waals surface area contributed by atoms with E-state index in [-0.39, 0.29) is 24.2 Å². The lowest BCUT2D eigenvalue weighted by Gasteiger charge is -2.26. The molecule has 0 saturated carbocycles. The summed E-state index contributed by atoms with van der Waals surface area (Å²) in [7, 11) is 0. The monoisotopic (exact) mass is 346 g/mol. The first kappa shape index (κ1) is 18.7. The van der Waals surface area contributed by atoms with E-state index in [2.05, 4.69) is 0 Å². The lowest BCUT2D eigenvalue weighted by Crippen LogP contribution is -2.42. The Morgan fingerprint density at radius 3 is 2.36 bits per heavy atom. The molecule has 2 amide bonds. The summed E-state index contributed by atoms with van der Waals surface area (Å²) in [5.74, 6) is 0.0259. The standard InChI is InChI=1S/C19H23FN2O3/c1-3-10-21(15(2)23)14-19(24)22(13-18-5-4-11-25-18)12-16-6-8-17(20)9-7-16/h4-9,11H,3,10,12-14H2,1-2H3. The first-order chi connectivity index (χ1) is 12.0. The summed E-state index contributed by atoms with van der Waals surface area (Å²) in [5, 5.41) is 0. The first-order valence-electron chi connectivity index (χ1n) is 8.29. The molecule has 0 atom stereocenters. The molecule has 0 aliphatic rings. The van der Waals surface area contributed by atoms with Crippen molar-refractivity contribution < 1.29 is 18.4 Å². The van der Waals surface area contributed by atoms with E-state index < -0.39 is 0 Å². The maximum absolute atomic E-state index is 13.1. The molecule has 0 bridgehead atoms. The van der Waals surface area contributed by atoms with Gasteiger partial charge in [0.2, 0.25) is 11.8 Å². The van der Waals surface area contributed by atoms with Crippen molar-refractivity contribution in [1.29, 1.82) is 0 Å². The van der Waals surface area contributed by atoms with Gasteiger partial charge in [0.1, 0.15) is 11.6 Å². The molecular weight excluding hydrogens is 323 g/mol. The van der Waals surface area contributed by atoms with Gasteiger partial charge in [-0.1, -0.05) is 19.1 Å². The van der Waals surface area contributed by atoms with Crippen LogP contribution in [0.25, 0.3) is 0 Å². The van der Waals surface area contributed by atoms with Gasteiger partial charge in [0.05, 0.1) is 19.4 Å². The Kier molecular flexibility index (Phi) is 6.74. The van der Waals surface area contributed by atoms with Crippen LogP contribution in [0.5, 0.6) is 0 Å². The number of halogens is 1. The molecule has 6 heteroatoms. The fourth-order valence-corrected chi connectivity index (χ4v) is 2.51. The number of hydrogen-bond acceptors (Lipinski definition) is 3. The third-order valence-corrected chi connectivity index (χ3v) is 3.83. The number of furan rings is 1. The summed E-state index contributed by atoms with van der Waals surface area (Å²) in [4.78, 5) is 27.6. The molecule has 2 rings (SSSR count). The molecule has 2 aromatic rings. The van der Waals surface area contributed by atoms with Crippen LogP contribution in [0.15, 0.2) is 47.1 Å². The highest BCUT2D eigenvalue weighted by molar-refractivity contribution is 5.83. The van der Waals surface area contributed by atoms with E-state index in [4.69, 9.17) is 4.42 Å². The van der Waals surface area contributed by atoms with Crippen LogP contribution < -0.4 is 0 Å². The molecule has 0 fully saturated rings. The molecule has 0 aliphatic heterocycles. The van der Waals surface area contributed by atoms with Crippen LogP contribution in [0.1, 0.15) is 31.6 Å². The number of benzene rings is 1. The number of rotatable bonds is 8. The number of carbonyl (C=O) groups excluding carboxylic acids is 2. The van der Waals surface area contributed by atoms with Crippen molar-refractivity contribution in [3.63, 3.8) is 0 Å². The Morgan fingerprint density at radius 1 is 1.08 bits per heavy atom. The van der Waals surface area contributed by atoms with Crippen molar-refractivity contribution >= 4 is 11.8 Å². The van der Waals surface area contributed by atoms with Crippen LogP contribution in [0, 0.1) is 5.82 Å². The Balaban J connectivity index is 2.13. The van der Waals surface area contributed by atoms with Gasteiger partial charge in [0.25, 0.3) is 0 Å². The van der Waals surface area contributed by atoms with Crippen molar-refractivity contribution in [3.8, 4) is 0 Å². The van der Waals surface area contributed by atoms with Crippen LogP contribution >= 0.6 is 0 Å². The van der Waals surface area contributed by atoms with Gasteiger partial charge in [0.15, 0.2) is 0 Å². The van der Waals surface area contributed by atoms with E-state index in [9.17, 15) is 14.0 Å². The third kappa shape index (κ3) is 5.74. The van der Waals surface area contributed by atoms with Crippen LogP contribution in [-0.2, 0) is 22.7 Å². The Labute approximate surface area is 147 Å². The van der Waals surface area contributed by atoms with E-state index in [0.29, 0.717) is 25.4 Å². The van der Waals surface area contributed by atoms with Gasteiger partial charge in [-0.2, -0.15) is 0 Å². The summed E-state index contributed by atoms with van der Waals surface area (Å²) in [6, 6.07) is 9.57. The molecule has 0 aliphatic carbocycles. The van der Waals surface area contributed by atoms with Crippen LogP contribution in [0.2, 0.25) is 0 Å². The van der Waals surface area contributed by atoms with Crippen LogP contribution in [-0.4, -0.2) is 34.7 Å². The SMILES string of the molecule is CCCN(CC(=O)N(Cc1ccc(F)cc1)Cc1ccco1)C(C)=O. The topological polar surface area (TPSA) is 53.8 Å². The average Bonchev–Trinajstić information content (AvgIpc) is 3.08. The molecule has 134 valence electrons. The average molecular weight is 346 g/mol. The maximum Gasteiger partial charge on any atom is 0.242 e. The quantitative estimate of drug-likeness (QED) is 0.737. The van der Waals surface area contributed by atoms with Gasteiger partial charge in [-0.25, -0.2) is 4.39 Å². The zero-order valence-corrected chi connectivity index (χ0v) is 14.6. The van der Waals surface area contributed by atoms with E-state index >= 15 is 0 Å². The fourth-order valence-electron chi connectivity index (χ4n) is 2.51. The molecule has 0 radical (unpaired) electrons. The first-order valence-corrected chi connectivity index (χ1v) is 8.29. The van der Waals surface area contributed by atoms with E-state index in [1.807, 2.05) is 6.92 Å². The zero-order valence-electron chi connectivity index (χ0n) is 14.6. The maximum atomic E-state index is 13.1. The van der Waals surface area contributed by atoms with E-state index in [1.54, 1.807) is 35.4 Å². The normalized spacial score (nSPS) is 10.5. The van der Waals surface area contributed by atoms with Crippen molar-refractivity contribution in [1.82, 2.24) is 9.80 Å². The Bertz CT molecular complexity index is 683. The highest BCUT2D eigenvalue weighted by Gasteiger charge is 2.20. The lowest BCUT2D eigenvalue weighted by atomic mass is 10.2. The summed E-state index contributed by atoms with van der Waals surface area (Å²) in [5.41, 5.74) is 0.811. The van der Waals surface area contributed by atoms with Crippen LogP contribution in [0.3, 0.4) is 0 Å². The third-order valence-electron chi connectivity index (χ3n) is 3.83. The molecule has 0 spiro atoms. The van der Waals surface area contributed by atoms with Gasteiger partial charge in [-0.3, -0.25) is 9.59 Å². The molecule has 0 N–H and O–H groups in total. The molecular formula is C19H23FN2O3. The summed E-state index contributed by atoms with van der Waals surface area (Å²) in [6.07, 6.45) is 2.33. The number of amides is 2. The van der Waals surface area contributed by atoms with E-state index in [1.165, 1.54) is 24.0 Å². The molecule has 1 aromatic carbocycles. The molecule has 1 heterocycles. The second-order valence-corrected chi connectivity index (χ2v) is 5.90. The second kappa shape index (κ2) is 9.01. The van der Waals surface area contributed by atoms with Crippen molar-refractivity contribution in [2.75, 3.05) is 13.1 Å². The van der Waals surface area contributed by atoms with Gasteiger partial charge in [-0.05, 0) is 36.2 Å². The van der Waals surface area contributed by atoms with Gasteiger partial charge < -0.3 is 14.2 Å². The molecule has 5 nitrogen and oxygen atoms in total. The fraction of sp³-hybridized carbons (Fsp3) is 0.368. The van der Waals surface area contributed by atoms with E-state index in [0.717, 1.165) is 12.0 Å². The van der Waals surface area contributed by atoms with Crippen molar-refractivity contribution in [2.45, 2.75) is 33.4 Å². The highest BCUT2D eigenvalue weighted by atomic mass is 19.1. The zero-order chi connectivity index (χ0) is 18.2. The summed E-state index contributed by atoms with van der Waals surface area (Å²) >= 11 is 0. The second-order valence-electron chi connectivity index (χ2n) is 5.90. The smallest absolute Gasteiger partial charge is 0.242 e. The predicted octanol–water partition coefficient (Wildman–Crippen LogP) is 3.21. The van der Waals surface area contributed by atoms with Crippen LogP contribution in [0.4, 0.5) is 4.39 Å². The number of carbonyl (C=O) groups is 2. The van der Waals surface area contributed by atoms with Gasteiger partial charge >= 0.3 is 0 Å². The minimum atomic E-state index is -0.321. The Hall–Kier alpha value is -2.63. The minimum absolute atomic E-state index is 0.0189. The summed E-state index contributed by atoms with van der Waals surface area (Å²) in [6.45, 7) is 4.58. The molecule has 0 saturated heterocycles. The van der Waals surface area contributed by atoms with Crippen molar-refractivity contribution in [2.24, 2.45) is 0 Å². The Morgan fingerprint density at radius 2 is 1.80 bits per heavy atom. The van der Waals surface area contributed by atoms with Gasteiger partial charge in [0, 0.05) is 20.0 Å². The van der Waals surface area contributed by atoms with Crippen molar-refractivity contribution in [3.05, 3.63) is 59.8 Å². The largest absolute Gasteiger partial charge is 0.467 e. The predicted molar refractivity (Wildman–Crippen MR) is 91.9 cm³/mol. The number of nitrogens with zero attached hydrogens (tertiary/aromatic N) is 2. The molecule has 1 aromatic heterocycles. The lowest BCUT2D eigenvalue weighted by molar-refractivity contribution is -0.140. The van der Waals surface area contributed by atoms with Gasteiger partial charge in [-0.15, -0.1) is 0 Å². The highest BCUT2D eigenvalue weighted by Crippen LogP contribution is 2.12. The molecule has 25 heavy (non-hydrogen) atoms. The minimum Gasteiger partial charge on any atom is -0.467 e.